The van der Waals surface area contributed by atoms with Gasteiger partial charge in [0.25, 0.3) is 0 Å². The monoisotopic (exact) mass is 278 g/mol. The van der Waals surface area contributed by atoms with E-state index in [4.69, 9.17) is 0 Å². The van der Waals surface area contributed by atoms with Crippen molar-refractivity contribution in [3.05, 3.63) is 17.0 Å². The highest BCUT2D eigenvalue weighted by molar-refractivity contribution is 5.24. The van der Waals surface area contributed by atoms with Crippen LogP contribution in [0.2, 0.25) is 0 Å². The smallest absolute Gasteiger partial charge is 0.0641 e. The van der Waals surface area contributed by atoms with Crippen LogP contribution >= 0.6 is 0 Å². The lowest BCUT2D eigenvalue weighted by molar-refractivity contribution is 0.161. The van der Waals surface area contributed by atoms with Crippen molar-refractivity contribution in [2.45, 2.75) is 53.1 Å². The van der Waals surface area contributed by atoms with E-state index in [1.807, 2.05) is 11.7 Å². The maximum Gasteiger partial charge on any atom is 0.0641 e. The number of nitrogens with zero attached hydrogens (tertiary/aromatic N) is 3. The second kappa shape index (κ2) is 6.72. The molecule has 1 saturated heterocycles. The van der Waals surface area contributed by atoms with Gasteiger partial charge in [-0.05, 0) is 59.5 Å². The molecule has 1 fully saturated rings. The number of aryl methyl sites for hydroxylation is 2. The summed E-state index contributed by atoms with van der Waals surface area (Å²) in [5.74, 6) is 0.843. The highest BCUT2D eigenvalue weighted by Crippen LogP contribution is 2.20. The molecule has 1 aliphatic heterocycles. The van der Waals surface area contributed by atoms with E-state index in [9.17, 15) is 0 Å². The summed E-state index contributed by atoms with van der Waals surface area (Å²) in [6.45, 7) is 13.5. The summed E-state index contributed by atoms with van der Waals surface area (Å²) in [4.78, 5) is 2.62. The first-order valence-electron chi connectivity index (χ1n) is 7.93. The second-order valence-electron chi connectivity index (χ2n) is 6.49. The lowest BCUT2D eigenvalue weighted by Crippen LogP contribution is -2.39. The minimum atomic E-state index is 0.587. The van der Waals surface area contributed by atoms with Crippen molar-refractivity contribution in [2.75, 3.05) is 19.6 Å². The van der Waals surface area contributed by atoms with Crippen LogP contribution in [0.15, 0.2) is 0 Å². The van der Waals surface area contributed by atoms with E-state index in [1.165, 1.54) is 49.4 Å². The summed E-state index contributed by atoms with van der Waals surface area (Å²) in [5, 5.41) is 8.01. The van der Waals surface area contributed by atoms with Crippen molar-refractivity contribution in [3.8, 4) is 0 Å². The molecule has 0 aliphatic carbocycles. The van der Waals surface area contributed by atoms with Crippen LogP contribution in [0.25, 0.3) is 0 Å². The molecule has 4 heteroatoms. The molecule has 0 atom stereocenters. The molecule has 0 aromatic carbocycles. The summed E-state index contributed by atoms with van der Waals surface area (Å²) in [6, 6.07) is 0.587. The molecule has 1 N–H and O–H groups in total. The summed E-state index contributed by atoms with van der Waals surface area (Å²) >= 11 is 0. The van der Waals surface area contributed by atoms with E-state index in [-0.39, 0.29) is 0 Å². The Morgan fingerprint density at radius 3 is 2.45 bits per heavy atom. The van der Waals surface area contributed by atoms with Crippen LogP contribution in [0.4, 0.5) is 0 Å². The first-order valence-corrected chi connectivity index (χ1v) is 7.93. The minimum absolute atomic E-state index is 0.587. The molecule has 1 aliphatic rings. The van der Waals surface area contributed by atoms with Crippen LogP contribution < -0.4 is 5.32 Å². The molecule has 0 radical (unpaired) electrons. The summed E-state index contributed by atoms with van der Waals surface area (Å²) in [5.41, 5.74) is 3.90. The quantitative estimate of drug-likeness (QED) is 0.897. The van der Waals surface area contributed by atoms with Crippen LogP contribution in [0.5, 0.6) is 0 Å². The van der Waals surface area contributed by atoms with Gasteiger partial charge in [0.05, 0.1) is 5.69 Å². The number of piperidine rings is 1. The SMILES string of the molecule is Cc1nn(C)c(C)c1CN(CC1CCNCC1)C(C)C. The minimum Gasteiger partial charge on any atom is -0.317 e. The molecule has 4 nitrogen and oxygen atoms in total. The Bertz CT molecular complexity index is 430. The van der Waals surface area contributed by atoms with Gasteiger partial charge in [-0.3, -0.25) is 9.58 Å². The van der Waals surface area contributed by atoms with E-state index in [1.54, 1.807) is 0 Å². The number of aromatic nitrogens is 2. The highest BCUT2D eigenvalue weighted by Gasteiger charge is 2.21. The maximum absolute atomic E-state index is 4.55. The molecule has 1 aromatic heterocycles. The van der Waals surface area contributed by atoms with Gasteiger partial charge >= 0.3 is 0 Å². The number of hydrogen-bond acceptors (Lipinski definition) is 3. The van der Waals surface area contributed by atoms with Crippen LogP contribution in [-0.4, -0.2) is 40.4 Å². The van der Waals surface area contributed by atoms with E-state index in [0.717, 1.165) is 12.5 Å². The molecular formula is C16H30N4. The van der Waals surface area contributed by atoms with Gasteiger partial charge in [-0.1, -0.05) is 0 Å². The zero-order valence-corrected chi connectivity index (χ0v) is 13.7. The molecule has 0 unspecified atom stereocenters. The lowest BCUT2D eigenvalue weighted by atomic mass is 9.96. The Balaban J connectivity index is 2.05. The van der Waals surface area contributed by atoms with E-state index < -0.39 is 0 Å². The van der Waals surface area contributed by atoms with Crippen LogP contribution in [0.1, 0.15) is 43.6 Å². The zero-order valence-electron chi connectivity index (χ0n) is 13.7. The third-order valence-corrected chi connectivity index (χ3v) is 4.70. The van der Waals surface area contributed by atoms with Gasteiger partial charge in [0.15, 0.2) is 0 Å². The van der Waals surface area contributed by atoms with Gasteiger partial charge in [-0.15, -0.1) is 0 Å². The Morgan fingerprint density at radius 2 is 1.95 bits per heavy atom. The molecule has 114 valence electrons. The number of hydrogen-bond donors (Lipinski definition) is 1. The number of rotatable bonds is 5. The van der Waals surface area contributed by atoms with Crippen LogP contribution in [-0.2, 0) is 13.6 Å². The third-order valence-electron chi connectivity index (χ3n) is 4.70. The summed E-state index contributed by atoms with van der Waals surface area (Å²) < 4.78 is 2.01. The zero-order chi connectivity index (χ0) is 14.7. The Hall–Kier alpha value is -0.870. The first-order chi connectivity index (χ1) is 9.49. The third kappa shape index (κ3) is 3.61. The molecule has 0 saturated carbocycles. The van der Waals surface area contributed by atoms with Gasteiger partial charge in [0.1, 0.15) is 0 Å². The fraction of sp³-hybridized carbons (Fsp3) is 0.812. The maximum atomic E-state index is 4.55. The van der Waals surface area contributed by atoms with Crippen LogP contribution in [0, 0.1) is 19.8 Å². The summed E-state index contributed by atoms with van der Waals surface area (Å²) in [7, 11) is 2.04. The second-order valence-corrected chi connectivity index (χ2v) is 6.49. The van der Waals surface area contributed by atoms with Crippen molar-refractivity contribution in [1.82, 2.24) is 20.0 Å². The van der Waals surface area contributed by atoms with Gasteiger partial charge in [-0.25, -0.2) is 0 Å². The largest absolute Gasteiger partial charge is 0.317 e. The predicted molar refractivity (Wildman–Crippen MR) is 83.8 cm³/mol. The highest BCUT2D eigenvalue weighted by atomic mass is 15.3. The van der Waals surface area contributed by atoms with Crippen molar-refractivity contribution in [2.24, 2.45) is 13.0 Å². The molecule has 0 amide bonds. The molecule has 1 aromatic rings. The van der Waals surface area contributed by atoms with Gasteiger partial charge in [-0.2, -0.15) is 5.10 Å². The topological polar surface area (TPSA) is 33.1 Å². The standard InChI is InChI=1S/C16H30N4/c1-12(2)20(10-15-6-8-17-9-7-15)11-16-13(3)18-19(5)14(16)4/h12,15,17H,6-11H2,1-5H3. The first kappa shape index (κ1) is 15.5. The molecule has 20 heavy (non-hydrogen) atoms. The van der Waals surface area contributed by atoms with Gasteiger partial charge < -0.3 is 5.32 Å². The Kier molecular flexibility index (Phi) is 5.22. The lowest BCUT2D eigenvalue weighted by Gasteiger charge is -2.32. The molecule has 2 heterocycles. The van der Waals surface area contributed by atoms with Gasteiger partial charge in [0, 0.05) is 37.4 Å². The number of nitrogens with one attached hydrogen (secondary N) is 1. The normalized spacial score (nSPS) is 17.4. The van der Waals surface area contributed by atoms with Crippen molar-refractivity contribution < 1.29 is 0 Å². The fourth-order valence-electron chi connectivity index (χ4n) is 3.10. The van der Waals surface area contributed by atoms with Crippen molar-refractivity contribution in [3.63, 3.8) is 0 Å². The molecular weight excluding hydrogens is 248 g/mol. The fourth-order valence-corrected chi connectivity index (χ4v) is 3.10. The van der Waals surface area contributed by atoms with Crippen molar-refractivity contribution >= 4 is 0 Å². The van der Waals surface area contributed by atoms with Gasteiger partial charge in [0.2, 0.25) is 0 Å². The average molecular weight is 278 g/mol. The van der Waals surface area contributed by atoms with Crippen LogP contribution in [0.3, 0.4) is 0 Å². The molecule has 0 bridgehead atoms. The predicted octanol–water partition coefficient (Wildman–Crippen LogP) is 2.25. The van der Waals surface area contributed by atoms with E-state index in [2.05, 4.69) is 43.0 Å². The van der Waals surface area contributed by atoms with Crippen molar-refractivity contribution in [1.29, 1.82) is 0 Å². The van der Waals surface area contributed by atoms with E-state index >= 15 is 0 Å². The molecule has 0 spiro atoms. The average Bonchev–Trinajstić information content (AvgIpc) is 2.65. The molecule has 2 rings (SSSR count). The Morgan fingerprint density at radius 1 is 1.30 bits per heavy atom. The summed E-state index contributed by atoms with van der Waals surface area (Å²) in [6.07, 6.45) is 2.63. The Labute approximate surface area is 123 Å². The van der Waals surface area contributed by atoms with E-state index in [0.29, 0.717) is 6.04 Å².